The van der Waals surface area contributed by atoms with E-state index >= 15 is 0 Å². The Hall–Kier alpha value is -4.27. The van der Waals surface area contributed by atoms with Gasteiger partial charge in [0.1, 0.15) is 13.1 Å². The molecule has 4 rings (SSSR count). The zero-order valence-electron chi connectivity index (χ0n) is 21.9. The molecule has 234 valence electrons. The van der Waals surface area contributed by atoms with Crippen LogP contribution >= 0.6 is 11.6 Å². The summed E-state index contributed by atoms with van der Waals surface area (Å²) in [6.07, 6.45) is -13.0. The lowest BCUT2D eigenvalue weighted by molar-refractivity contribution is -0.276. The van der Waals surface area contributed by atoms with Gasteiger partial charge < -0.3 is 15.1 Å². The molecule has 0 aliphatic carbocycles. The Morgan fingerprint density at radius 2 is 1.66 bits per heavy atom. The highest BCUT2D eigenvalue weighted by Gasteiger charge is 2.62. The molecule has 1 atom stereocenters. The number of halogens is 10. The molecule has 0 bridgehead atoms. The second-order valence-electron chi connectivity index (χ2n) is 9.58. The summed E-state index contributed by atoms with van der Waals surface area (Å²) in [6.45, 7) is -2.32. The molecule has 0 spiro atoms. The highest BCUT2D eigenvalue weighted by atomic mass is 35.5. The van der Waals surface area contributed by atoms with Crippen LogP contribution in [0, 0.1) is 0 Å². The minimum Gasteiger partial charge on any atom is -0.374 e. The molecule has 0 radical (unpaired) electrons. The van der Waals surface area contributed by atoms with Crippen molar-refractivity contribution in [2.45, 2.75) is 30.6 Å². The molecular weight excluding hydrogens is 633 g/mol. The van der Waals surface area contributed by atoms with E-state index in [4.69, 9.17) is 16.4 Å². The molecule has 1 aliphatic heterocycles. The number of alkyl halides is 9. The molecule has 44 heavy (non-hydrogen) atoms. The van der Waals surface area contributed by atoms with Gasteiger partial charge >= 0.3 is 18.5 Å². The number of carbonyl (C=O) groups is 2. The fourth-order valence-corrected chi connectivity index (χ4v) is 4.71. The number of carbonyl (C=O) groups excluding carboxylic acids is 2. The summed E-state index contributed by atoms with van der Waals surface area (Å²) in [5.41, 5.74) is -5.24. The van der Waals surface area contributed by atoms with Gasteiger partial charge in [-0.25, -0.2) is 0 Å². The molecule has 6 nitrogen and oxygen atoms in total. The van der Waals surface area contributed by atoms with Crippen LogP contribution in [-0.2, 0) is 26.2 Å². The molecule has 1 heterocycles. The third-order valence-electron chi connectivity index (χ3n) is 6.52. The van der Waals surface area contributed by atoms with Gasteiger partial charge in [-0.2, -0.15) is 39.5 Å². The van der Waals surface area contributed by atoms with E-state index in [0.29, 0.717) is 28.5 Å². The van der Waals surface area contributed by atoms with Crippen LogP contribution < -0.4 is 10.2 Å². The third kappa shape index (κ3) is 7.09. The first-order chi connectivity index (χ1) is 20.4. The molecule has 1 aliphatic rings. The molecule has 0 saturated heterocycles. The molecule has 0 aromatic heterocycles. The molecular formula is C28H19ClF9N3O3. The Morgan fingerprint density at radius 1 is 0.977 bits per heavy atom. The number of allylic oxidation sites excluding steroid dienone is 1. The van der Waals surface area contributed by atoms with Crippen molar-refractivity contribution in [3.05, 3.63) is 82.4 Å². The van der Waals surface area contributed by atoms with E-state index in [2.05, 4.69) is 5.16 Å². The number of benzene rings is 3. The summed E-state index contributed by atoms with van der Waals surface area (Å²) in [7, 11) is 0. The van der Waals surface area contributed by atoms with Gasteiger partial charge in [0.25, 0.3) is 5.60 Å². The van der Waals surface area contributed by atoms with Crippen molar-refractivity contribution in [1.29, 1.82) is 0 Å². The van der Waals surface area contributed by atoms with Gasteiger partial charge in [0, 0.05) is 22.4 Å². The van der Waals surface area contributed by atoms with Gasteiger partial charge in [-0.1, -0.05) is 53.2 Å². The average Bonchev–Trinajstić information content (AvgIpc) is 3.38. The lowest BCUT2D eigenvalue weighted by atomic mass is 9.87. The topological polar surface area (TPSA) is 71.0 Å². The Morgan fingerprint density at radius 3 is 2.27 bits per heavy atom. The summed E-state index contributed by atoms with van der Waals surface area (Å²) in [4.78, 5) is 29.4. The van der Waals surface area contributed by atoms with E-state index in [1.165, 1.54) is 24.3 Å². The van der Waals surface area contributed by atoms with Crippen LogP contribution in [-0.4, -0.2) is 43.5 Å². The number of rotatable bonds is 8. The second-order valence-corrected chi connectivity index (χ2v) is 10.0. The van der Waals surface area contributed by atoms with Crippen molar-refractivity contribution in [2.24, 2.45) is 5.16 Å². The monoisotopic (exact) mass is 651 g/mol. The maximum Gasteiger partial charge on any atom is 0.435 e. The zero-order valence-corrected chi connectivity index (χ0v) is 22.7. The lowest BCUT2D eigenvalue weighted by Crippen LogP contribution is -2.42. The Labute approximate surface area is 247 Å². The Kier molecular flexibility index (Phi) is 8.92. The summed E-state index contributed by atoms with van der Waals surface area (Å²) in [5.74, 6) is -1.07. The number of fused-ring (bicyclic) bond motifs is 1. The number of amides is 2. The number of anilines is 1. The van der Waals surface area contributed by atoms with Crippen molar-refractivity contribution >= 4 is 52.2 Å². The third-order valence-corrected chi connectivity index (χ3v) is 6.74. The molecule has 2 amide bonds. The van der Waals surface area contributed by atoms with Gasteiger partial charge in [-0.3, -0.25) is 9.59 Å². The first-order valence-electron chi connectivity index (χ1n) is 12.4. The molecule has 1 N–H and O–H groups in total. The molecule has 0 saturated carbocycles. The predicted molar refractivity (Wildman–Crippen MR) is 143 cm³/mol. The summed E-state index contributed by atoms with van der Waals surface area (Å²) < 4.78 is 120. The Balaban J connectivity index is 1.62. The highest BCUT2D eigenvalue weighted by Crippen LogP contribution is 2.50. The molecule has 0 fully saturated rings. The fourth-order valence-electron chi connectivity index (χ4n) is 4.48. The SMILES string of the molecule is O=CN(CC(=O)NCC(F)(F)F)c1ccc(C=CC2=NOC(c3cc(Cl)cc(C(F)(F)F)c3)(C(F)(F)F)C2)c2ccccc12. The fraction of sp³-hybridized carbons (Fsp3) is 0.250. The van der Waals surface area contributed by atoms with Crippen LogP contribution in [0.25, 0.3) is 16.8 Å². The van der Waals surface area contributed by atoms with Crippen molar-refractivity contribution in [1.82, 2.24) is 5.32 Å². The summed E-state index contributed by atoms with van der Waals surface area (Å²) in [5, 5.41) is 5.38. The van der Waals surface area contributed by atoms with Gasteiger partial charge in [0.2, 0.25) is 12.3 Å². The number of hydrogen-bond donors (Lipinski definition) is 1. The molecule has 3 aromatic carbocycles. The largest absolute Gasteiger partial charge is 0.435 e. The highest BCUT2D eigenvalue weighted by molar-refractivity contribution is 6.30. The van der Waals surface area contributed by atoms with Crippen LogP contribution in [0.4, 0.5) is 45.2 Å². The standard InChI is InChI=1S/C28H19ClF9N3O3/c29-19-10-17(9-18(11-19)27(33,34)35)25(28(36,37)38)12-20(40-44-25)7-5-16-6-8-23(22-4-2-1-3-21(16)22)41(15-42)13-24(43)39-14-26(30,31)32/h1-11,15H,12-14H2,(H,39,43). The van der Waals surface area contributed by atoms with Crippen molar-refractivity contribution in [3.63, 3.8) is 0 Å². The van der Waals surface area contributed by atoms with E-state index in [-0.39, 0.29) is 17.8 Å². The molecule has 3 aromatic rings. The predicted octanol–water partition coefficient (Wildman–Crippen LogP) is 7.40. The van der Waals surface area contributed by atoms with E-state index in [1.807, 2.05) is 0 Å². The second kappa shape index (κ2) is 12.0. The van der Waals surface area contributed by atoms with Crippen LogP contribution in [0.2, 0.25) is 5.02 Å². The summed E-state index contributed by atoms with van der Waals surface area (Å²) >= 11 is 5.72. The first-order valence-corrected chi connectivity index (χ1v) is 12.8. The number of oxime groups is 1. The maximum absolute atomic E-state index is 14.3. The smallest absolute Gasteiger partial charge is 0.374 e. The lowest BCUT2D eigenvalue weighted by Gasteiger charge is -2.30. The van der Waals surface area contributed by atoms with E-state index in [1.54, 1.807) is 29.6 Å². The quantitative estimate of drug-likeness (QED) is 0.204. The van der Waals surface area contributed by atoms with Gasteiger partial charge in [-0.05, 0) is 41.3 Å². The van der Waals surface area contributed by atoms with Gasteiger partial charge in [-0.15, -0.1) is 0 Å². The average molecular weight is 652 g/mol. The van der Waals surface area contributed by atoms with Crippen molar-refractivity contribution in [2.75, 3.05) is 18.0 Å². The van der Waals surface area contributed by atoms with Crippen LogP contribution in [0.1, 0.15) is 23.1 Å². The zero-order chi connectivity index (χ0) is 32.5. The number of hydrogen-bond acceptors (Lipinski definition) is 4. The van der Waals surface area contributed by atoms with E-state index < -0.39 is 65.7 Å². The first kappa shape index (κ1) is 32.6. The Bertz CT molecular complexity index is 1630. The minimum absolute atomic E-state index is 0.161. The van der Waals surface area contributed by atoms with Gasteiger partial charge in [0.15, 0.2) is 0 Å². The molecule has 1 unspecified atom stereocenters. The normalized spacial score (nSPS) is 17.5. The van der Waals surface area contributed by atoms with Gasteiger partial charge in [0.05, 0.1) is 17.0 Å². The van der Waals surface area contributed by atoms with E-state index in [9.17, 15) is 49.1 Å². The number of nitrogens with zero attached hydrogens (tertiary/aromatic N) is 2. The van der Waals surface area contributed by atoms with Crippen molar-refractivity contribution in [3.8, 4) is 0 Å². The van der Waals surface area contributed by atoms with Crippen LogP contribution in [0.5, 0.6) is 0 Å². The maximum atomic E-state index is 14.3. The van der Waals surface area contributed by atoms with E-state index in [0.717, 1.165) is 11.0 Å². The minimum atomic E-state index is -5.20. The molecule has 16 heteroatoms. The summed E-state index contributed by atoms with van der Waals surface area (Å²) in [6, 6.07) is 10.7. The number of nitrogens with one attached hydrogen (secondary N) is 1. The van der Waals surface area contributed by atoms with Crippen LogP contribution in [0.15, 0.2) is 65.8 Å². The van der Waals surface area contributed by atoms with Crippen molar-refractivity contribution < 1.29 is 53.9 Å². The van der Waals surface area contributed by atoms with Crippen LogP contribution in [0.3, 0.4) is 0 Å².